The Morgan fingerprint density at radius 1 is 1.80 bits per heavy atom. The van der Waals surface area contributed by atoms with Crippen LogP contribution >= 0.6 is 35.7 Å². The highest BCUT2D eigenvalue weighted by Crippen LogP contribution is 2.33. The normalized spacial score (nSPS) is 31.2. The lowest BCUT2D eigenvalue weighted by Gasteiger charge is -2.07. The molecule has 0 fully saturated rings. The van der Waals surface area contributed by atoms with Crippen molar-refractivity contribution in [1.29, 1.82) is 0 Å². The molecule has 1 heterocycles. The fourth-order valence-electron chi connectivity index (χ4n) is 0.852. The van der Waals surface area contributed by atoms with Crippen LogP contribution < -0.4 is 0 Å². The summed E-state index contributed by atoms with van der Waals surface area (Å²) < 4.78 is 12.7. The standard InChI is InChI=1S/C6H8BFS.HI/c1-2-5-4(8)3-6(7)9-5;/h3-5H,2H2,1H3;1H. The van der Waals surface area contributed by atoms with Crippen LogP contribution in [0, 0.1) is 0 Å². The Labute approximate surface area is 83.5 Å². The maximum absolute atomic E-state index is 12.7. The van der Waals surface area contributed by atoms with E-state index in [9.17, 15) is 4.39 Å². The van der Waals surface area contributed by atoms with E-state index in [1.54, 1.807) is 0 Å². The van der Waals surface area contributed by atoms with E-state index in [0.717, 1.165) is 6.42 Å². The summed E-state index contributed by atoms with van der Waals surface area (Å²) in [6, 6.07) is 0. The van der Waals surface area contributed by atoms with Crippen LogP contribution in [-0.2, 0) is 0 Å². The molecular formula is C6H9BFIS. The quantitative estimate of drug-likeness (QED) is 0.521. The second-order valence-corrected chi connectivity index (χ2v) is 3.39. The van der Waals surface area contributed by atoms with Gasteiger partial charge in [0.25, 0.3) is 0 Å². The molecule has 1 aliphatic rings. The summed E-state index contributed by atoms with van der Waals surface area (Å²) in [4.78, 5) is 0.634. The van der Waals surface area contributed by atoms with E-state index in [-0.39, 0.29) is 29.2 Å². The van der Waals surface area contributed by atoms with Gasteiger partial charge in [0.05, 0.1) is 0 Å². The summed E-state index contributed by atoms with van der Waals surface area (Å²) in [5.74, 6) is 0. The molecular weight excluding hydrogens is 261 g/mol. The van der Waals surface area contributed by atoms with Crippen molar-refractivity contribution in [3.8, 4) is 0 Å². The zero-order chi connectivity index (χ0) is 6.85. The van der Waals surface area contributed by atoms with Crippen molar-refractivity contribution in [1.82, 2.24) is 0 Å². The molecule has 0 aliphatic carbocycles. The lowest BCUT2D eigenvalue weighted by atomic mass is 10.1. The number of alkyl halides is 1. The summed E-state index contributed by atoms with van der Waals surface area (Å²) in [5.41, 5.74) is 0. The van der Waals surface area contributed by atoms with Crippen molar-refractivity contribution >= 4 is 43.6 Å². The van der Waals surface area contributed by atoms with Gasteiger partial charge in [0.1, 0.15) is 14.0 Å². The summed E-state index contributed by atoms with van der Waals surface area (Å²) >= 11 is 1.44. The van der Waals surface area contributed by atoms with Gasteiger partial charge in [-0.1, -0.05) is 17.8 Å². The molecule has 0 aromatic carbocycles. The van der Waals surface area contributed by atoms with E-state index >= 15 is 0 Å². The van der Waals surface area contributed by atoms with Crippen molar-refractivity contribution in [3.63, 3.8) is 0 Å². The lowest BCUT2D eigenvalue weighted by Crippen LogP contribution is -2.09. The summed E-state index contributed by atoms with van der Waals surface area (Å²) in [6.45, 7) is 1.97. The van der Waals surface area contributed by atoms with Crippen LogP contribution in [0.4, 0.5) is 4.39 Å². The van der Waals surface area contributed by atoms with E-state index in [1.807, 2.05) is 6.92 Å². The molecule has 1 aliphatic heterocycles. The fourth-order valence-corrected chi connectivity index (χ4v) is 1.79. The fraction of sp³-hybridized carbons (Fsp3) is 0.667. The average molecular weight is 270 g/mol. The molecule has 2 atom stereocenters. The van der Waals surface area contributed by atoms with Gasteiger partial charge >= 0.3 is 0 Å². The minimum absolute atomic E-state index is 0. The Hall–Kier alpha value is 0.815. The number of hydrogen-bond donors (Lipinski definition) is 0. The second-order valence-electron chi connectivity index (χ2n) is 2.08. The maximum Gasteiger partial charge on any atom is 0.131 e. The highest BCUT2D eigenvalue weighted by atomic mass is 127. The molecule has 0 bridgehead atoms. The van der Waals surface area contributed by atoms with Crippen LogP contribution in [0.2, 0.25) is 0 Å². The first kappa shape index (κ1) is 10.8. The zero-order valence-electron chi connectivity index (χ0n) is 5.71. The Balaban J connectivity index is 0.000000810. The van der Waals surface area contributed by atoms with E-state index in [4.69, 9.17) is 7.85 Å². The lowest BCUT2D eigenvalue weighted by molar-refractivity contribution is 0.389. The second kappa shape index (κ2) is 4.64. The molecule has 0 aromatic heterocycles. The number of hydrogen-bond acceptors (Lipinski definition) is 1. The van der Waals surface area contributed by atoms with Crippen LogP contribution in [0.5, 0.6) is 0 Å². The molecule has 0 aromatic rings. The molecule has 4 heteroatoms. The third-order valence-electron chi connectivity index (χ3n) is 1.37. The zero-order valence-corrected chi connectivity index (χ0v) is 8.86. The molecule has 0 saturated carbocycles. The predicted molar refractivity (Wildman–Crippen MR) is 55.8 cm³/mol. The Morgan fingerprint density at radius 3 is 2.60 bits per heavy atom. The van der Waals surface area contributed by atoms with E-state index in [2.05, 4.69) is 0 Å². The van der Waals surface area contributed by atoms with Gasteiger partial charge in [0.2, 0.25) is 0 Å². The van der Waals surface area contributed by atoms with Crippen LogP contribution in [0.1, 0.15) is 13.3 Å². The van der Waals surface area contributed by atoms with E-state index in [1.165, 1.54) is 17.8 Å². The largest absolute Gasteiger partial charge is 0.242 e. The number of allylic oxidation sites excluding steroid dienone is 1. The SMILES string of the molecule is I.[B]C1=CC(F)C(CC)S1. The van der Waals surface area contributed by atoms with Gasteiger partial charge in [0, 0.05) is 5.25 Å². The summed E-state index contributed by atoms with van der Waals surface area (Å²) in [5, 5.41) is 0.0741. The monoisotopic (exact) mass is 270 g/mol. The van der Waals surface area contributed by atoms with Crippen molar-refractivity contribution in [3.05, 3.63) is 10.9 Å². The number of rotatable bonds is 1. The molecule has 0 N–H and O–H groups in total. The summed E-state index contributed by atoms with van der Waals surface area (Å²) in [6.07, 6.45) is 1.52. The third kappa shape index (κ3) is 2.45. The van der Waals surface area contributed by atoms with Crippen molar-refractivity contribution < 1.29 is 4.39 Å². The van der Waals surface area contributed by atoms with Crippen LogP contribution in [-0.4, -0.2) is 19.3 Å². The topological polar surface area (TPSA) is 0 Å². The van der Waals surface area contributed by atoms with Gasteiger partial charge in [0.15, 0.2) is 0 Å². The van der Waals surface area contributed by atoms with Gasteiger partial charge < -0.3 is 0 Å². The first-order valence-corrected chi connectivity index (χ1v) is 3.90. The van der Waals surface area contributed by atoms with Crippen molar-refractivity contribution in [2.75, 3.05) is 0 Å². The molecule has 2 unspecified atom stereocenters. The molecule has 0 nitrogen and oxygen atoms in total. The smallest absolute Gasteiger partial charge is 0.131 e. The Kier molecular flexibility index (Phi) is 5.02. The van der Waals surface area contributed by atoms with Crippen LogP contribution in [0.15, 0.2) is 10.9 Å². The first-order valence-electron chi connectivity index (χ1n) is 3.02. The molecule has 0 amide bonds. The van der Waals surface area contributed by atoms with Gasteiger partial charge in [-0.15, -0.1) is 35.7 Å². The molecule has 1 rings (SSSR count). The Bertz CT molecular complexity index is 140. The van der Waals surface area contributed by atoms with Gasteiger partial charge in [-0.05, 0) is 6.42 Å². The van der Waals surface area contributed by atoms with Crippen LogP contribution in [0.3, 0.4) is 0 Å². The summed E-state index contributed by atoms with van der Waals surface area (Å²) in [7, 11) is 5.38. The van der Waals surface area contributed by atoms with Crippen molar-refractivity contribution in [2.45, 2.75) is 24.8 Å². The van der Waals surface area contributed by atoms with Crippen molar-refractivity contribution in [2.24, 2.45) is 0 Å². The third-order valence-corrected chi connectivity index (χ3v) is 2.67. The van der Waals surface area contributed by atoms with Crippen LogP contribution in [0.25, 0.3) is 0 Å². The predicted octanol–water partition coefficient (Wildman–Crippen LogP) is 2.48. The molecule has 10 heavy (non-hydrogen) atoms. The Morgan fingerprint density at radius 2 is 2.40 bits per heavy atom. The highest BCUT2D eigenvalue weighted by molar-refractivity contribution is 14.0. The van der Waals surface area contributed by atoms with Gasteiger partial charge in [-0.3, -0.25) is 0 Å². The van der Waals surface area contributed by atoms with Gasteiger partial charge in [-0.25, -0.2) is 4.39 Å². The highest BCUT2D eigenvalue weighted by Gasteiger charge is 2.23. The molecule has 0 saturated heterocycles. The van der Waals surface area contributed by atoms with E-state index < -0.39 is 6.17 Å². The number of thioether (sulfide) groups is 1. The molecule has 2 radical (unpaired) electrons. The van der Waals surface area contributed by atoms with Gasteiger partial charge in [-0.2, -0.15) is 0 Å². The van der Waals surface area contributed by atoms with E-state index in [0.29, 0.717) is 4.80 Å². The maximum atomic E-state index is 12.7. The minimum atomic E-state index is -0.819. The number of halogens is 2. The minimum Gasteiger partial charge on any atom is -0.242 e. The molecule has 0 spiro atoms. The average Bonchev–Trinajstić information content (AvgIpc) is 2.10. The first-order chi connectivity index (χ1) is 4.24. The molecule has 56 valence electrons.